The van der Waals surface area contributed by atoms with Crippen LogP contribution in [0, 0.1) is 0 Å². The molecule has 1 fully saturated rings. The average Bonchev–Trinajstić information content (AvgIpc) is 2.95. The van der Waals surface area contributed by atoms with Crippen molar-refractivity contribution >= 4 is 5.52 Å². The van der Waals surface area contributed by atoms with Gasteiger partial charge in [-0.3, -0.25) is 0 Å². The van der Waals surface area contributed by atoms with Crippen LogP contribution in [0.5, 0.6) is 5.88 Å². The smallest absolute Gasteiger partial charge is 0.214 e. The Labute approximate surface area is 82.3 Å². The molecule has 1 saturated carbocycles. The predicted molar refractivity (Wildman–Crippen MR) is 53.7 cm³/mol. The van der Waals surface area contributed by atoms with Crippen molar-refractivity contribution in [1.82, 2.24) is 9.61 Å². The van der Waals surface area contributed by atoms with Gasteiger partial charge in [0.1, 0.15) is 0 Å². The molecule has 2 aromatic heterocycles. The molecule has 0 unspecified atom stereocenters. The van der Waals surface area contributed by atoms with Gasteiger partial charge in [0.15, 0.2) is 0 Å². The normalized spacial score (nSPS) is 16.1. The minimum Gasteiger partial charge on any atom is -0.481 e. The molecule has 0 saturated heterocycles. The van der Waals surface area contributed by atoms with Crippen LogP contribution in [0.25, 0.3) is 5.52 Å². The lowest BCUT2D eigenvalue weighted by atomic mass is 10.1. The molecule has 3 rings (SSSR count). The lowest BCUT2D eigenvalue weighted by molar-refractivity contribution is 0.385. The Morgan fingerprint density at radius 1 is 1.43 bits per heavy atom. The monoisotopic (exact) mass is 188 g/mol. The van der Waals surface area contributed by atoms with Crippen LogP contribution in [0.3, 0.4) is 0 Å². The molecule has 72 valence electrons. The molecule has 0 atom stereocenters. The van der Waals surface area contributed by atoms with Crippen LogP contribution >= 0.6 is 0 Å². The molecule has 2 aromatic rings. The number of aromatic nitrogens is 2. The van der Waals surface area contributed by atoms with Gasteiger partial charge in [0.2, 0.25) is 5.88 Å². The molecule has 0 aliphatic heterocycles. The summed E-state index contributed by atoms with van der Waals surface area (Å²) in [5.74, 6) is 1.58. The van der Waals surface area contributed by atoms with Gasteiger partial charge in [-0.1, -0.05) is 0 Å². The molecular weight excluding hydrogens is 176 g/mol. The van der Waals surface area contributed by atoms with E-state index >= 15 is 0 Å². The Balaban J connectivity index is 2.23. The number of rotatable bonds is 2. The van der Waals surface area contributed by atoms with Crippen molar-refractivity contribution in [2.24, 2.45) is 0 Å². The van der Waals surface area contributed by atoms with Crippen LogP contribution in [0.1, 0.15) is 24.3 Å². The fourth-order valence-electron chi connectivity index (χ4n) is 1.82. The van der Waals surface area contributed by atoms with E-state index in [4.69, 9.17) is 4.74 Å². The highest BCUT2D eigenvalue weighted by molar-refractivity contribution is 5.52. The van der Waals surface area contributed by atoms with Crippen molar-refractivity contribution < 1.29 is 4.74 Å². The summed E-state index contributed by atoms with van der Waals surface area (Å²) in [6, 6.07) is 6.30. The van der Waals surface area contributed by atoms with Crippen molar-refractivity contribution in [3.8, 4) is 5.88 Å². The molecule has 1 aliphatic rings. The molecular formula is C11H12N2O. The molecule has 2 heterocycles. The van der Waals surface area contributed by atoms with E-state index in [9.17, 15) is 0 Å². The largest absolute Gasteiger partial charge is 0.481 e. The second-order valence-electron chi connectivity index (χ2n) is 3.77. The van der Waals surface area contributed by atoms with E-state index < -0.39 is 0 Å². The van der Waals surface area contributed by atoms with E-state index in [2.05, 4.69) is 17.2 Å². The number of pyridine rings is 1. The maximum Gasteiger partial charge on any atom is 0.214 e. The Bertz CT molecular complexity index is 471. The zero-order valence-electron chi connectivity index (χ0n) is 8.10. The van der Waals surface area contributed by atoms with E-state index in [1.807, 2.05) is 10.6 Å². The van der Waals surface area contributed by atoms with E-state index in [1.165, 1.54) is 18.4 Å². The van der Waals surface area contributed by atoms with Gasteiger partial charge in [-0.15, -0.1) is 0 Å². The molecule has 0 spiro atoms. The lowest BCUT2D eigenvalue weighted by Crippen LogP contribution is -1.96. The van der Waals surface area contributed by atoms with Gasteiger partial charge in [0.05, 0.1) is 18.8 Å². The zero-order chi connectivity index (χ0) is 9.54. The third kappa shape index (κ3) is 1.09. The summed E-state index contributed by atoms with van der Waals surface area (Å²) in [6.45, 7) is 0. The highest BCUT2D eigenvalue weighted by Crippen LogP contribution is 2.41. The minimum absolute atomic E-state index is 0.754. The van der Waals surface area contributed by atoms with Crippen LogP contribution in [0.4, 0.5) is 0 Å². The van der Waals surface area contributed by atoms with Gasteiger partial charge in [0.25, 0.3) is 0 Å². The summed E-state index contributed by atoms with van der Waals surface area (Å²) in [5, 5.41) is 4.20. The number of ether oxygens (including phenoxy) is 1. The van der Waals surface area contributed by atoms with Crippen LogP contribution in [-0.2, 0) is 0 Å². The Hall–Kier alpha value is -1.51. The van der Waals surface area contributed by atoms with E-state index in [-0.39, 0.29) is 0 Å². The van der Waals surface area contributed by atoms with Gasteiger partial charge in [-0.05, 0) is 36.5 Å². The van der Waals surface area contributed by atoms with Crippen molar-refractivity contribution in [1.29, 1.82) is 0 Å². The summed E-state index contributed by atoms with van der Waals surface area (Å²) in [7, 11) is 1.69. The second kappa shape index (κ2) is 2.74. The van der Waals surface area contributed by atoms with Crippen LogP contribution in [0.2, 0.25) is 0 Å². The summed E-state index contributed by atoms with van der Waals surface area (Å²) >= 11 is 0. The fourth-order valence-corrected chi connectivity index (χ4v) is 1.82. The second-order valence-corrected chi connectivity index (χ2v) is 3.77. The lowest BCUT2D eigenvalue weighted by Gasteiger charge is -2.06. The summed E-state index contributed by atoms with van der Waals surface area (Å²) < 4.78 is 7.13. The number of nitrogens with zero attached hydrogens (tertiary/aromatic N) is 2. The Kier molecular flexibility index (Phi) is 1.54. The van der Waals surface area contributed by atoms with E-state index in [0.717, 1.165) is 17.3 Å². The first kappa shape index (κ1) is 7.85. The predicted octanol–water partition coefficient (Wildman–Crippen LogP) is 2.22. The van der Waals surface area contributed by atoms with Crippen molar-refractivity contribution in [2.75, 3.05) is 7.11 Å². The quantitative estimate of drug-likeness (QED) is 0.722. The van der Waals surface area contributed by atoms with Gasteiger partial charge in [0, 0.05) is 6.07 Å². The number of hydrogen-bond donors (Lipinski definition) is 0. The fraction of sp³-hybridized carbons (Fsp3) is 0.364. The summed E-state index contributed by atoms with van der Waals surface area (Å²) in [4.78, 5) is 0. The van der Waals surface area contributed by atoms with Gasteiger partial charge < -0.3 is 4.74 Å². The van der Waals surface area contributed by atoms with Crippen molar-refractivity contribution in [3.05, 3.63) is 30.0 Å². The molecule has 14 heavy (non-hydrogen) atoms. The van der Waals surface area contributed by atoms with Crippen LogP contribution in [-0.4, -0.2) is 16.7 Å². The van der Waals surface area contributed by atoms with Gasteiger partial charge in [-0.2, -0.15) is 5.10 Å². The Morgan fingerprint density at radius 3 is 3.00 bits per heavy atom. The first-order valence-corrected chi connectivity index (χ1v) is 4.90. The molecule has 0 N–H and O–H groups in total. The third-order valence-electron chi connectivity index (χ3n) is 2.74. The SMILES string of the molecule is COc1cc(C2CC2)cc2ccnn12. The van der Waals surface area contributed by atoms with Crippen LogP contribution < -0.4 is 4.74 Å². The summed E-state index contributed by atoms with van der Waals surface area (Å²) in [6.07, 6.45) is 4.43. The first-order valence-electron chi connectivity index (χ1n) is 4.90. The first-order chi connectivity index (χ1) is 6.88. The number of methoxy groups -OCH3 is 1. The molecule has 1 aliphatic carbocycles. The minimum atomic E-state index is 0.754. The maximum absolute atomic E-state index is 5.30. The maximum atomic E-state index is 5.30. The van der Waals surface area contributed by atoms with Gasteiger partial charge in [-0.25, -0.2) is 4.52 Å². The standard InChI is InChI=1S/C11H12N2O/c1-14-11-7-9(8-2-3-8)6-10-4-5-12-13(10)11/h4-8H,2-3H2,1H3. The molecule has 0 amide bonds. The topological polar surface area (TPSA) is 26.5 Å². The zero-order valence-corrected chi connectivity index (χ0v) is 8.10. The van der Waals surface area contributed by atoms with Crippen molar-refractivity contribution in [2.45, 2.75) is 18.8 Å². The highest BCUT2D eigenvalue weighted by Gasteiger charge is 2.24. The van der Waals surface area contributed by atoms with Gasteiger partial charge >= 0.3 is 0 Å². The molecule has 0 radical (unpaired) electrons. The van der Waals surface area contributed by atoms with E-state index in [1.54, 1.807) is 13.3 Å². The molecule has 3 heteroatoms. The average molecular weight is 188 g/mol. The third-order valence-corrected chi connectivity index (χ3v) is 2.74. The van der Waals surface area contributed by atoms with Crippen LogP contribution in [0.15, 0.2) is 24.4 Å². The highest BCUT2D eigenvalue weighted by atomic mass is 16.5. The molecule has 3 nitrogen and oxygen atoms in total. The molecule has 0 bridgehead atoms. The molecule has 0 aromatic carbocycles. The summed E-state index contributed by atoms with van der Waals surface area (Å²) in [5.41, 5.74) is 2.50. The van der Waals surface area contributed by atoms with E-state index in [0.29, 0.717) is 0 Å². The Morgan fingerprint density at radius 2 is 2.29 bits per heavy atom. The number of fused-ring (bicyclic) bond motifs is 1. The number of hydrogen-bond acceptors (Lipinski definition) is 2. The van der Waals surface area contributed by atoms with Crippen molar-refractivity contribution in [3.63, 3.8) is 0 Å².